The molecule has 1 saturated heterocycles. The van der Waals surface area contributed by atoms with E-state index in [9.17, 15) is 32.4 Å². The second kappa shape index (κ2) is 14.6. The number of ketones is 1. The molecule has 1 aliphatic heterocycles. The monoisotopic (exact) mass is 774 g/mol. The van der Waals surface area contributed by atoms with Gasteiger partial charge >= 0.3 is 6.03 Å². The first-order valence-electron chi connectivity index (χ1n) is 20.6. The number of hydrogen-bond acceptors (Lipinski definition) is 7. The second-order valence-corrected chi connectivity index (χ2v) is 22.0. The molecule has 0 bridgehead atoms. The molecule has 0 aromatic heterocycles. The summed E-state index contributed by atoms with van der Waals surface area (Å²) in [5.41, 5.74) is -2.47. The number of urea groups is 1. The van der Waals surface area contributed by atoms with Crippen LogP contribution < -0.4 is 21.3 Å². The number of fused-ring (bicyclic) bond motifs is 1. The third-order valence-electron chi connectivity index (χ3n) is 13.9. The zero-order valence-corrected chi connectivity index (χ0v) is 34.7. The molecule has 6 rings (SSSR count). The van der Waals surface area contributed by atoms with Crippen molar-refractivity contribution in [3.63, 3.8) is 0 Å². The van der Waals surface area contributed by atoms with Crippen LogP contribution in [0.5, 0.6) is 0 Å². The molecular weight excluding hydrogens is 709 g/mol. The lowest BCUT2D eigenvalue weighted by Crippen LogP contribution is -2.64. The highest BCUT2D eigenvalue weighted by Crippen LogP contribution is 2.65. The van der Waals surface area contributed by atoms with Crippen LogP contribution in [0.15, 0.2) is 0 Å². The van der Waals surface area contributed by atoms with Gasteiger partial charge in [0.05, 0.1) is 17.3 Å². The topological polar surface area (TPSA) is 174 Å². The fourth-order valence-electron chi connectivity index (χ4n) is 9.40. The van der Waals surface area contributed by atoms with Gasteiger partial charge < -0.3 is 26.2 Å². The fourth-order valence-corrected chi connectivity index (χ4v) is 11.5. The zero-order valence-electron chi connectivity index (χ0n) is 33.9. The number of carbonyl (C=O) groups excluding carboxylic acids is 5. The first-order chi connectivity index (χ1) is 25.1. The number of rotatable bonds is 16. The molecule has 14 heteroatoms. The summed E-state index contributed by atoms with van der Waals surface area (Å²) in [6, 6.07) is -3.47. The van der Waals surface area contributed by atoms with E-state index in [2.05, 4.69) is 35.1 Å². The Labute approximate surface area is 322 Å². The molecule has 13 nitrogen and oxygen atoms in total. The van der Waals surface area contributed by atoms with Crippen molar-refractivity contribution in [1.29, 1.82) is 0 Å². The number of nitrogens with one attached hydrogen (secondary N) is 4. The van der Waals surface area contributed by atoms with Gasteiger partial charge in [0.2, 0.25) is 27.6 Å². The number of nitrogens with zero attached hydrogens (tertiary/aromatic N) is 2. The van der Waals surface area contributed by atoms with Gasteiger partial charge in [0.1, 0.15) is 12.1 Å². The predicted octanol–water partition coefficient (Wildman–Crippen LogP) is 3.86. The smallest absolute Gasteiger partial charge is 0.315 e. The number of likely N-dealkylation sites (tertiary alicyclic amines) is 1. The number of sulfonamides is 1. The van der Waals surface area contributed by atoms with Gasteiger partial charge in [-0.15, -0.1) is 0 Å². The van der Waals surface area contributed by atoms with Crippen LogP contribution in [0.4, 0.5) is 4.79 Å². The summed E-state index contributed by atoms with van der Waals surface area (Å²) in [4.78, 5) is 70.7. The molecule has 5 aliphatic carbocycles. The third-order valence-corrected chi connectivity index (χ3v) is 16.2. The molecule has 4 N–H and O–H groups in total. The summed E-state index contributed by atoms with van der Waals surface area (Å²) in [6.45, 7) is 14.0. The standard InChI is InChI=1S/C40H66N6O7S/c1-37(2,3)32(43-36(51)44-40(20-10-9-11-21-40)23-54(52,53)45(8)39(6,7)25-15-16-25)35(50)46-22-27-29(38(27,4)5)30(46)33(48)42-28(19-14-24-12-13-24)31(47)34(49)41-26-17-18-26/h24-30,32H,9-23H2,1-8H3,(H,41,49)(H,42,48)(H2,43,44,51)/t27-,28-,29-,30-,32+/m0/s1. The number of carbonyl (C=O) groups is 5. The van der Waals surface area contributed by atoms with Crippen molar-refractivity contribution < 1.29 is 32.4 Å². The van der Waals surface area contributed by atoms with E-state index in [1.807, 2.05) is 34.6 Å². The molecule has 6 fully saturated rings. The minimum atomic E-state index is -3.75. The Bertz CT molecular complexity index is 1600. The molecule has 0 aromatic rings. The number of piperidine rings is 1. The molecule has 0 aromatic carbocycles. The molecule has 0 unspecified atom stereocenters. The van der Waals surface area contributed by atoms with Crippen molar-refractivity contribution in [2.45, 2.75) is 167 Å². The molecule has 5 saturated carbocycles. The molecule has 5 atom stereocenters. The highest BCUT2D eigenvalue weighted by molar-refractivity contribution is 7.89. The van der Waals surface area contributed by atoms with Crippen molar-refractivity contribution >= 4 is 39.6 Å². The van der Waals surface area contributed by atoms with Gasteiger partial charge in [-0.25, -0.2) is 13.2 Å². The van der Waals surface area contributed by atoms with Gasteiger partial charge in [-0.2, -0.15) is 4.31 Å². The first-order valence-corrected chi connectivity index (χ1v) is 22.2. The van der Waals surface area contributed by atoms with Crippen LogP contribution in [0, 0.1) is 34.5 Å². The Balaban J connectivity index is 1.18. The van der Waals surface area contributed by atoms with Crippen LogP contribution >= 0.6 is 0 Å². The summed E-state index contributed by atoms with van der Waals surface area (Å²) < 4.78 is 29.3. The summed E-state index contributed by atoms with van der Waals surface area (Å²) in [5, 5.41) is 11.7. The van der Waals surface area contributed by atoms with Crippen LogP contribution in [-0.2, 0) is 29.2 Å². The van der Waals surface area contributed by atoms with Gasteiger partial charge in [0.15, 0.2) is 0 Å². The van der Waals surface area contributed by atoms with Crippen molar-refractivity contribution in [1.82, 2.24) is 30.5 Å². The summed E-state index contributed by atoms with van der Waals surface area (Å²) in [7, 11) is -2.11. The Morgan fingerprint density at radius 2 is 1.52 bits per heavy atom. The molecule has 1 heterocycles. The van der Waals surface area contributed by atoms with E-state index in [1.54, 1.807) is 11.9 Å². The maximum Gasteiger partial charge on any atom is 0.315 e. The molecular formula is C40H66N6O7S. The predicted molar refractivity (Wildman–Crippen MR) is 205 cm³/mol. The first kappa shape index (κ1) is 40.9. The third kappa shape index (κ3) is 8.79. The Morgan fingerprint density at radius 1 is 0.889 bits per heavy atom. The Hall–Kier alpha value is -2.74. The molecule has 5 amide bonds. The van der Waals surface area contributed by atoms with Crippen LogP contribution in [0.25, 0.3) is 0 Å². The van der Waals surface area contributed by atoms with Crippen molar-refractivity contribution in [3.8, 4) is 0 Å². The quantitative estimate of drug-likeness (QED) is 0.172. The van der Waals surface area contributed by atoms with E-state index >= 15 is 0 Å². The van der Waals surface area contributed by atoms with Gasteiger partial charge in [-0.1, -0.05) is 66.7 Å². The van der Waals surface area contributed by atoms with Crippen molar-refractivity contribution in [3.05, 3.63) is 0 Å². The van der Waals surface area contributed by atoms with Crippen molar-refractivity contribution in [2.75, 3.05) is 19.3 Å². The highest BCUT2D eigenvalue weighted by atomic mass is 32.2. The lowest BCUT2D eigenvalue weighted by molar-refractivity contribution is -0.145. The van der Waals surface area contributed by atoms with Crippen LogP contribution in [0.2, 0.25) is 0 Å². The van der Waals surface area contributed by atoms with Gasteiger partial charge in [0.25, 0.3) is 5.91 Å². The van der Waals surface area contributed by atoms with Crippen LogP contribution in [-0.4, -0.2) is 102 Å². The molecule has 54 heavy (non-hydrogen) atoms. The molecule has 0 radical (unpaired) electrons. The lowest BCUT2D eigenvalue weighted by atomic mass is 9.83. The summed E-state index contributed by atoms with van der Waals surface area (Å²) in [6.07, 6.45) is 10.5. The number of hydrogen-bond donors (Lipinski definition) is 4. The average Bonchev–Trinajstić information content (AvgIpc) is 3.88. The second-order valence-electron chi connectivity index (χ2n) is 20.0. The summed E-state index contributed by atoms with van der Waals surface area (Å²) >= 11 is 0. The van der Waals surface area contributed by atoms with E-state index in [4.69, 9.17) is 0 Å². The minimum absolute atomic E-state index is 0.00874. The van der Waals surface area contributed by atoms with E-state index < -0.39 is 74.2 Å². The lowest BCUT2D eigenvalue weighted by Gasteiger charge is -2.42. The Morgan fingerprint density at radius 3 is 2.07 bits per heavy atom. The largest absolute Gasteiger partial charge is 0.347 e. The van der Waals surface area contributed by atoms with Gasteiger partial charge in [-0.3, -0.25) is 19.2 Å². The average molecular weight is 775 g/mol. The Kier molecular flexibility index (Phi) is 11.1. The van der Waals surface area contributed by atoms with Crippen LogP contribution in [0.1, 0.15) is 132 Å². The maximum absolute atomic E-state index is 14.6. The zero-order chi connectivity index (χ0) is 39.6. The van der Waals surface area contributed by atoms with E-state index in [0.29, 0.717) is 37.6 Å². The number of Topliss-reactive ketones (excluding diaryl/α,β-unsaturated/α-hetero) is 1. The fraction of sp³-hybridized carbons (Fsp3) is 0.875. The normalized spacial score (nSPS) is 27.4. The van der Waals surface area contributed by atoms with Gasteiger partial charge in [0, 0.05) is 25.2 Å². The highest BCUT2D eigenvalue weighted by Gasteiger charge is 2.70. The van der Waals surface area contributed by atoms with E-state index in [0.717, 1.165) is 64.2 Å². The van der Waals surface area contributed by atoms with E-state index in [1.165, 1.54) is 4.31 Å². The van der Waals surface area contributed by atoms with Gasteiger partial charge in [-0.05, 0) is 99.7 Å². The molecule has 0 spiro atoms. The molecule has 6 aliphatic rings. The minimum Gasteiger partial charge on any atom is -0.347 e. The molecule has 304 valence electrons. The maximum atomic E-state index is 14.6. The SMILES string of the molecule is CN(C(C)(C)C1CC1)S(=O)(=O)CC1(NC(=O)N[C@H](C(=O)N2C[C@H]3[C@@H]([C@H]2C(=O)N[C@@H](CCC2CC2)C(=O)C(=O)NC2CC2)C3(C)C)C(C)(C)C)CCCCC1. The number of amides is 5. The summed E-state index contributed by atoms with van der Waals surface area (Å²) in [5.74, 6) is -1.66. The van der Waals surface area contributed by atoms with Crippen LogP contribution in [0.3, 0.4) is 0 Å². The van der Waals surface area contributed by atoms with E-state index in [-0.39, 0.29) is 29.0 Å². The van der Waals surface area contributed by atoms with Crippen molar-refractivity contribution in [2.24, 2.45) is 34.5 Å².